The van der Waals surface area contributed by atoms with Gasteiger partial charge < -0.3 is 16.0 Å². The van der Waals surface area contributed by atoms with Crippen molar-refractivity contribution in [2.75, 3.05) is 18.4 Å². The molecule has 2 aromatic heterocycles. The second kappa shape index (κ2) is 9.24. The van der Waals surface area contributed by atoms with E-state index in [-0.39, 0.29) is 17.9 Å². The summed E-state index contributed by atoms with van der Waals surface area (Å²) in [5.41, 5.74) is 10.5. The van der Waals surface area contributed by atoms with Crippen molar-refractivity contribution in [1.29, 1.82) is 0 Å². The summed E-state index contributed by atoms with van der Waals surface area (Å²) in [7, 11) is 0. The number of carbonyl (C=O) groups is 2. The first-order chi connectivity index (χ1) is 16.5. The van der Waals surface area contributed by atoms with E-state index in [1.165, 1.54) is 11.3 Å². The van der Waals surface area contributed by atoms with E-state index in [1.807, 2.05) is 60.9 Å². The number of fused-ring (bicyclic) bond motifs is 1. The summed E-state index contributed by atoms with van der Waals surface area (Å²) in [5, 5.41) is 13.3. The number of aryl methyl sites for hydroxylation is 1. The van der Waals surface area contributed by atoms with E-state index in [9.17, 15) is 9.59 Å². The molecule has 0 saturated carbocycles. The number of nitrogens with one attached hydrogen (secondary N) is 2. The average Bonchev–Trinajstić information content (AvgIpc) is 3.57. The lowest BCUT2D eigenvalue weighted by Gasteiger charge is -2.17. The van der Waals surface area contributed by atoms with Gasteiger partial charge in [-0.2, -0.15) is 5.10 Å². The molecule has 1 aliphatic heterocycles. The number of aromatic amines is 1. The molecule has 3 heterocycles. The topological polar surface area (TPSA) is 104 Å². The van der Waals surface area contributed by atoms with Gasteiger partial charge in [0.2, 0.25) is 0 Å². The first kappa shape index (κ1) is 22.1. The normalized spacial score (nSPS) is 15.9. The number of carbonyl (C=O) groups excluding carboxylic acids is 2. The van der Waals surface area contributed by atoms with Crippen molar-refractivity contribution < 1.29 is 9.59 Å². The number of thiophene rings is 1. The van der Waals surface area contributed by atoms with E-state index in [4.69, 9.17) is 5.73 Å². The summed E-state index contributed by atoms with van der Waals surface area (Å²) in [6.45, 7) is 3.10. The molecule has 2 amide bonds. The van der Waals surface area contributed by atoms with Crippen LogP contribution in [0, 0.1) is 6.92 Å². The molecule has 4 aromatic rings. The molecule has 0 bridgehead atoms. The summed E-state index contributed by atoms with van der Waals surface area (Å²) in [5.74, 6) is -0.273. The standard InChI is InChI=1S/C26H25N5O2S/c1-16-11-13-34-24(16)25(32)28-23-14-18(26(33)31-12-10-19(27)15-31)7-6-17(23)8-9-22-20-4-2-3-5-21(20)29-30-22/h2-9,11,13-14,19H,10,12,15,27H2,1H3,(H,28,32)(H,29,30). The number of hydrogen-bond donors (Lipinski definition) is 3. The molecule has 172 valence electrons. The highest BCUT2D eigenvalue weighted by Crippen LogP contribution is 2.26. The largest absolute Gasteiger partial charge is 0.337 e. The minimum atomic E-state index is -0.194. The van der Waals surface area contributed by atoms with E-state index in [2.05, 4.69) is 15.5 Å². The number of rotatable bonds is 5. The van der Waals surface area contributed by atoms with Crippen LogP contribution in [0.2, 0.25) is 0 Å². The number of H-pyrrole nitrogens is 1. The van der Waals surface area contributed by atoms with Crippen LogP contribution in [0.4, 0.5) is 5.69 Å². The molecule has 34 heavy (non-hydrogen) atoms. The fourth-order valence-electron chi connectivity index (χ4n) is 4.16. The molecule has 4 N–H and O–H groups in total. The second-order valence-electron chi connectivity index (χ2n) is 8.48. The SMILES string of the molecule is Cc1ccsc1C(=O)Nc1cc(C(=O)N2CCC(N)C2)ccc1C=Cc1n[nH]c2ccccc12. The van der Waals surface area contributed by atoms with Gasteiger partial charge in [0.15, 0.2) is 0 Å². The van der Waals surface area contributed by atoms with Crippen molar-refractivity contribution in [2.45, 2.75) is 19.4 Å². The Balaban J connectivity index is 1.48. The van der Waals surface area contributed by atoms with Crippen LogP contribution in [0.5, 0.6) is 0 Å². The van der Waals surface area contributed by atoms with Gasteiger partial charge in [0.1, 0.15) is 0 Å². The molecule has 1 fully saturated rings. The zero-order chi connectivity index (χ0) is 23.7. The Morgan fingerprint density at radius 3 is 2.82 bits per heavy atom. The third-order valence-electron chi connectivity index (χ3n) is 6.05. The molecule has 1 aliphatic rings. The molecule has 0 aliphatic carbocycles. The zero-order valence-corrected chi connectivity index (χ0v) is 19.6. The van der Waals surface area contributed by atoms with Crippen molar-refractivity contribution in [2.24, 2.45) is 5.73 Å². The molecular weight excluding hydrogens is 446 g/mol. The lowest BCUT2D eigenvalue weighted by atomic mass is 10.1. The van der Waals surface area contributed by atoms with E-state index < -0.39 is 0 Å². The first-order valence-corrected chi connectivity index (χ1v) is 12.0. The molecule has 1 atom stereocenters. The fraction of sp³-hybridized carbons (Fsp3) is 0.192. The van der Waals surface area contributed by atoms with Crippen LogP contribution in [0.1, 0.15) is 43.3 Å². The van der Waals surface area contributed by atoms with Gasteiger partial charge in [-0.3, -0.25) is 14.7 Å². The molecular formula is C26H25N5O2S. The molecule has 1 saturated heterocycles. The highest BCUT2D eigenvalue weighted by molar-refractivity contribution is 7.12. The molecule has 2 aromatic carbocycles. The number of benzene rings is 2. The summed E-state index contributed by atoms with van der Waals surface area (Å²) in [6.07, 6.45) is 4.60. The Hall–Kier alpha value is -3.75. The van der Waals surface area contributed by atoms with Gasteiger partial charge in [-0.15, -0.1) is 11.3 Å². The van der Waals surface area contributed by atoms with Crippen LogP contribution in [0.3, 0.4) is 0 Å². The molecule has 0 radical (unpaired) electrons. The molecule has 0 spiro atoms. The number of aromatic nitrogens is 2. The summed E-state index contributed by atoms with van der Waals surface area (Å²) >= 11 is 1.39. The molecule has 8 heteroatoms. The highest BCUT2D eigenvalue weighted by Gasteiger charge is 2.25. The summed E-state index contributed by atoms with van der Waals surface area (Å²) < 4.78 is 0. The van der Waals surface area contributed by atoms with Crippen LogP contribution in [0.25, 0.3) is 23.1 Å². The number of nitrogens with zero attached hydrogens (tertiary/aromatic N) is 2. The number of nitrogens with two attached hydrogens (primary N) is 1. The number of hydrogen-bond acceptors (Lipinski definition) is 5. The van der Waals surface area contributed by atoms with Crippen molar-refractivity contribution in [3.8, 4) is 0 Å². The van der Waals surface area contributed by atoms with E-state index in [0.717, 1.165) is 34.1 Å². The third-order valence-corrected chi connectivity index (χ3v) is 7.06. The predicted octanol–water partition coefficient (Wildman–Crippen LogP) is 4.53. The second-order valence-corrected chi connectivity index (χ2v) is 9.39. The van der Waals surface area contributed by atoms with Crippen LogP contribution in [0.15, 0.2) is 53.9 Å². The van der Waals surface area contributed by atoms with E-state index in [0.29, 0.717) is 29.2 Å². The maximum absolute atomic E-state index is 13.0. The monoisotopic (exact) mass is 471 g/mol. The van der Waals surface area contributed by atoms with E-state index >= 15 is 0 Å². The van der Waals surface area contributed by atoms with Crippen molar-refractivity contribution in [3.63, 3.8) is 0 Å². The number of anilines is 1. The number of amides is 2. The fourth-order valence-corrected chi connectivity index (χ4v) is 4.98. The zero-order valence-electron chi connectivity index (χ0n) is 18.7. The smallest absolute Gasteiger partial charge is 0.266 e. The maximum atomic E-state index is 13.0. The summed E-state index contributed by atoms with van der Waals surface area (Å²) in [6, 6.07) is 15.2. The number of likely N-dealkylation sites (tertiary alicyclic amines) is 1. The van der Waals surface area contributed by atoms with Gasteiger partial charge in [0, 0.05) is 35.8 Å². The van der Waals surface area contributed by atoms with Gasteiger partial charge in [-0.25, -0.2) is 0 Å². The first-order valence-electron chi connectivity index (χ1n) is 11.1. The molecule has 5 rings (SSSR count). The Bertz CT molecular complexity index is 1400. The highest BCUT2D eigenvalue weighted by atomic mass is 32.1. The molecule has 1 unspecified atom stereocenters. The average molecular weight is 472 g/mol. The van der Waals surface area contributed by atoms with Crippen LogP contribution in [-0.4, -0.2) is 46.0 Å². The summed E-state index contributed by atoms with van der Waals surface area (Å²) in [4.78, 5) is 28.4. The minimum absolute atomic E-state index is 0.0100. The quantitative estimate of drug-likeness (QED) is 0.398. The third kappa shape index (κ3) is 4.37. The molecule has 7 nitrogen and oxygen atoms in total. The van der Waals surface area contributed by atoms with Crippen LogP contribution in [-0.2, 0) is 0 Å². The van der Waals surface area contributed by atoms with Gasteiger partial charge in [-0.1, -0.05) is 30.3 Å². The van der Waals surface area contributed by atoms with Gasteiger partial charge in [0.05, 0.1) is 16.1 Å². The predicted molar refractivity (Wildman–Crippen MR) is 137 cm³/mol. The lowest BCUT2D eigenvalue weighted by molar-refractivity contribution is 0.0790. The lowest BCUT2D eigenvalue weighted by Crippen LogP contribution is -2.31. The van der Waals surface area contributed by atoms with Crippen molar-refractivity contribution in [1.82, 2.24) is 15.1 Å². The van der Waals surface area contributed by atoms with Crippen molar-refractivity contribution >= 4 is 51.9 Å². The minimum Gasteiger partial charge on any atom is -0.337 e. The number of para-hydroxylation sites is 1. The Kier molecular flexibility index (Phi) is 6.00. The van der Waals surface area contributed by atoms with E-state index in [1.54, 1.807) is 17.0 Å². The van der Waals surface area contributed by atoms with Crippen LogP contribution < -0.4 is 11.1 Å². The van der Waals surface area contributed by atoms with Crippen molar-refractivity contribution in [3.05, 3.63) is 81.2 Å². The Morgan fingerprint density at radius 1 is 1.21 bits per heavy atom. The maximum Gasteiger partial charge on any atom is 0.266 e. The van der Waals surface area contributed by atoms with Crippen LogP contribution >= 0.6 is 11.3 Å². The Morgan fingerprint density at radius 2 is 2.06 bits per heavy atom. The Labute approximate surface area is 201 Å². The van der Waals surface area contributed by atoms with Gasteiger partial charge >= 0.3 is 0 Å². The van der Waals surface area contributed by atoms with Gasteiger partial charge in [-0.05, 0) is 60.2 Å². The van der Waals surface area contributed by atoms with Gasteiger partial charge in [0.25, 0.3) is 11.8 Å².